The Kier molecular flexibility index (Phi) is 3.55. The SMILES string of the molecule is COc1ccc(COc2cc3ncccc3nc2N)cc1. The van der Waals surface area contributed by atoms with E-state index in [1.807, 2.05) is 36.4 Å². The van der Waals surface area contributed by atoms with Gasteiger partial charge in [-0.3, -0.25) is 4.98 Å². The Balaban J connectivity index is 1.79. The monoisotopic (exact) mass is 281 g/mol. The summed E-state index contributed by atoms with van der Waals surface area (Å²) in [6, 6.07) is 13.2. The third-order valence-corrected chi connectivity index (χ3v) is 3.13. The molecule has 0 unspecified atom stereocenters. The summed E-state index contributed by atoms with van der Waals surface area (Å²) in [5, 5.41) is 0. The van der Waals surface area contributed by atoms with Gasteiger partial charge in [-0.25, -0.2) is 4.98 Å². The number of methoxy groups -OCH3 is 1. The van der Waals surface area contributed by atoms with E-state index in [2.05, 4.69) is 9.97 Å². The van der Waals surface area contributed by atoms with Crippen LogP contribution in [0.1, 0.15) is 5.56 Å². The highest BCUT2D eigenvalue weighted by molar-refractivity contribution is 5.78. The minimum atomic E-state index is 0.365. The Morgan fingerprint density at radius 1 is 1.10 bits per heavy atom. The number of aromatic nitrogens is 2. The number of nitrogens with zero attached hydrogens (tertiary/aromatic N) is 2. The highest BCUT2D eigenvalue weighted by Gasteiger charge is 2.06. The first-order valence-electron chi connectivity index (χ1n) is 6.53. The Bertz CT molecular complexity index is 757. The molecule has 0 atom stereocenters. The van der Waals surface area contributed by atoms with Crippen molar-refractivity contribution < 1.29 is 9.47 Å². The van der Waals surface area contributed by atoms with E-state index in [1.165, 1.54) is 0 Å². The number of pyridine rings is 2. The summed E-state index contributed by atoms with van der Waals surface area (Å²) in [6.45, 7) is 0.411. The van der Waals surface area contributed by atoms with Crippen molar-refractivity contribution in [1.82, 2.24) is 9.97 Å². The second-order valence-corrected chi connectivity index (χ2v) is 4.55. The molecule has 2 aromatic heterocycles. The Labute approximate surface area is 122 Å². The van der Waals surface area contributed by atoms with Gasteiger partial charge in [0.05, 0.1) is 18.1 Å². The first kappa shape index (κ1) is 13.2. The fourth-order valence-electron chi connectivity index (χ4n) is 2.00. The Morgan fingerprint density at radius 2 is 1.90 bits per heavy atom. The Hall–Kier alpha value is -2.82. The van der Waals surface area contributed by atoms with E-state index in [0.29, 0.717) is 18.2 Å². The van der Waals surface area contributed by atoms with Crippen molar-refractivity contribution in [2.75, 3.05) is 12.8 Å². The Morgan fingerprint density at radius 3 is 2.67 bits per heavy atom. The van der Waals surface area contributed by atoms with Crippen molar-refractivity contribution in [3.63, 3.8) is 0 Å². The molecule has 0 aliphatic rings. The van der Waals surface area contributed by atoms with Gasteiger partial charge < -0.3 is 15.2 Å². The van der Waals surface area contributed by atoms with E-state index < -0.39 is 0 Å². The van der Waals surface area contributed by atoms with Gasteiger partial charge in [-0.2, -0.15) is 0 Å². The van der Waals surface area contributed by atoms with Gasteiger partial charge in [0.25, 0.3) is 0 Å². The number of anilines is 1. The lowest BCUT2D eigenvalue weighted by atomic mass is 10.2. The van der Waals surface area contributed by atoms with Crippen LogP contribution in [0.4, 0.5) is 5.82 Å². The molecule has 0 spiro atoms. The summed E-state index contributed by atoms with van der Waals surface area (Å²) < 4.78 is 10.9. The lowest BCUT2D eigenvalue weighted by Crippen LogP contribution is -2.01. The average Bonchev–Trinajstić information content (AvgIpc) is 2.53. The van der Waals surface area contributed by atoms with Crippen LogP contribution in [-0.2, 0) is 6.61 Å². The maximum atomic E-state index is 5.91. The maximum Gasteiger partial charge on any atom is 0.166 e. The number of nitrogen functional groups attached to an aromatic ring is 1. The summed E-state index contributed by atoms with van der Waals surface area (Å²) >= 11 is 0. The molecule has 5 heteroatoms. The van der Waals surface area contributed by atoms with Crippen molar-refractivity contribution in [1.29, 1.82) is 0 Å². The largest absolute Gasteiger partial charge is 0.497 e. The molecule has 0 aliphatic heterocycles. The third kappa shape index (κ3) is 2.86. The lowest BCUT2D eigenvalue weighted by Gasteiger charge is -2.09. The van der Waals surface area contributed by atoms with Crippen molar-refractivity contribution in [2.24, 2.45) is 0 Å². The van der Waals surface area contributed by atoms with Gasteiger partial charge >= 0.3 is 0 Å². The molecule has 3 rings (SSSR count). The fourth-order valence-corrected chi connectivity index (χ4v) is 2.00. The van der Waals surface area contributed by atoms with Gasteiger partial charge in [-0.05, 0) is 29.8 Å². The van der Waals surface area contributed by atoms with Crippen LogP contribution in [0, 0.1) is 0 Å². The molecule has 0 radical (unpaired) electrons. The van der Waals surface area contributed by atoms with Crippen LogP contribution in [0.3, 0.4) is 0 Å². The molecule has 3 aromatic rings. The van der Waals surface area contributed by atoms with Crippen LogP contribution in [0.5, 0.6) is 11.5 Å². The van der Waals surface area contributed by atoms with Gasteiger partial charge in [0.2, 0.25) is 0 Å². The van der Waals surface area contributed by atoms with Gasteiger partial charge in [-0.1, -0.05) is 12.1 Å². The van der Waals surface area contributed by atoms with Gasteiger partial charge in [0, 0.05) is 12.3 Å². The standard InChI is InChI=1S/C16H15N3O2/c1-20-12-6-4-11(5-7-12)10-21-15-9-14-13(19-16(15)17)3-2-8-18-14/h2-9H,10H2,1H3,(H2,17,19). The molecule has 0 saturated heterocycles. The third-order valence-electron chi connectivity index (χ3n) is 3.13. The predicted molar refractivity (Wildman–Crippen MR) is 81.3 cm³/mol. The number of nitrogens with two attached hydrogens (primary N) is 1. The fraction of sp³-hybridized carbons (Fsp3) is 0.125. The average molecular weight is 281 g/mol. The molecule has 1 aromatic carbocycles. The molecule has 0 aliphatic carbocycles. The summed E-state index contributed by atoms with van der Waals surface area (Å²) in [6.07, 6.45) is 1.72. The number of benzene rings is 1. The number of hydrogen-bond acceptors (Lipinski definition) is 5. The minimum Gasteiger partial charge on any atom is -0.497 e. The molecular formula is C16H15N3O2. The maximum absolute atomic E-state index is 5.91. The topological polar surface area (TPSA) is 70.3 Å². The summed E-state index contributed by atoms with van der Waals surface area (Å²) in [5.74, 6) is 1.72. The normalized spacial score (nSPS) is 10.5. The quantitative estimate of drug-likeness (QED) is 0.796. The van der Waals surface area contributed by atoms with Crippen molar-refractivity contribution in [3.05, 3.63) is 54.2 Å². The first-order valence-corrected chi connectivity index (χ1v) is 6.53. The number of fused-ring (bicyclic) bond motifs is 1. The van der Waals surface area contributed by atoms with Crippen LogP contribution in [0.15, 0.2) is 48.7 Å². The molecule has 21 heavy (non-hydrogen) atoms. The van der Waals surface area contributed by atoms with Crippen LogP contribution < -0.4 is 15.2 Å². The van der Waals surface area contributed by atoms with Gasteiger partial charge in [-0.15, -0.1) is 0 Å². The second kappa shape index (κ2) is 5.66. The van der Waals surface area contributed by atoms with Crippen molar-refractivity contribution in [2.45, 2.75) is 6.61 Å². The molecule has 0 saturated carbocycles. The predicted octanol–water partition coefficient (Wildman–Crippen LogP) is 2.80. The van der Waals surface area contributed by atoms with E-state index in [0.717, 1.165) is 22.3 Å². The zero-order chi connectivity index (χ0) is 14.7. The number of rotatable bonds is 4. The summed E-state index contributed by atoms with van der Waals surface area (Å²) in [7, 11) is 1.64. The molecule has 0 bridgehead atoms. The van der Waals surface area contributed by atoms with E-state index in [9.17, 15) is 0 Å². The van der Waals surface area contributed by atoms with Crippen LogP contribution in [-0.4, -0.2) is 17.1 Å². The first-order chi connectivity index (χ1) is 10.3. The molecule has 0 fully saturated rings. The summed E-state index contributed by atoms with van der Waals surface area (Å²) in [5.41, 5.74) is 8.45. The van der Waals surface area contributed by atoms with Crippen molar-refractivity contribution >= 4 is 16.9 Å². The lowest BCUT2D eigenvalue weighted by molar-refractivity contribution is 0.307. The second-order valence-electron chi connectivity index (χ2n) is 4.55. The van der Waals surface area contributed by atoms with E-state index in [-0.39, 0.29) is 0 Å². The molecule has 2 N–H and O–H groups in total. The van der Waals surface area contributed by atoms with Gasteiger partial charge in [0.1, 0.15) is 12.4 Å². The zero-order valence-electron chi connectivity index (χ0n) is 11.6. The minimum absolute atomic E-state index is 0.365. The van der Waals surface area contributed by atoms with E-state index in [4.69, 9.17) is 15.2 Å². The van der Waals surface area contributed by atoms with E-state index in [1.54, 1.807) is 19.4 Å². The van der Waals surface area contributed by atoms with E-state index >= 15 is 0 Å². The summed E-state index contributed by atoms with van der Waals surface area (Å²) in [4.78, 5) is 8.53. The highest BCUT2D eigenvalue weighted by atomic mass is 16.5. The number of hydrogen-bond donors (Lipinski definition) is 1. The molecule has 0 amide bonds. The highest BCUT2D eigenvalue weighted by Crippen LogP contribution is 2.24. The van der Waals surface area contributed by atoms with Crippen molar-refractivity contribution in [3.8, 4) is 11.5 Å². The molecule has 5 nitrogen and oxygen atoms in total. The van der Waals surface area contributed by atoms with Gasteiger partial charge in [0.15, 0.2) is 11.6 Å². The van der Waals surface area contributed by atoms with Crippen LogP contribution >= 0.6 is 0 Å². The zero-order valence-corrected chi connectivity index (χ0v) is 11.6. The van der Waals surface area contributed by atoms with Crippen LogP contribution in [0.25, 0.3) is 11.0 Å². The molecular weight excluding hydrogens is 266 g/mol. The molecule has 2 heterocycles. The molecule has 106 valence electrons. The van der Waals surface area contributed by atoms with Crippen LogP contribution in [0.2, 0.25) is 0 Å². The number of ether oxygens (including phenoxy) is 2. The smallest absolute Gasteiger partial charge is 0.166 e.